The minimum atomic E-state index is -0.559. The standard InChI is InChI=1S/C16H21NO5/c1-16(2,3)17(15(20)22-10-9-18)11-12-5-7-13(8-6-12)14(19)21-4/h5-9H,10-11H2,1-4H3. The van der Waals surface area contributed by atoms with Crippen LogP contribution in [0.1, 0.15) is 36.7 Å². The topological polar surface area (TPSA) is 72.9 Å². The number of esters is 1. The lowest BCUT2D eigenvalue weighted by molar-refractivity contribution is -0.110. The molecule has 120 valence electrons. The first-order valence-electron chi connectivity index (χ1n) is 6.85. The SMILES string of the molecule is COC(=O)c1ccc(CN(C(=O)OCC=O)C(C)(C)C)cc1. The summed E-state index contributed by atoms with van der Waals surface area (Å²) < 4.78 is 9.51. The van der Waals surface area contributed by atoms with E-state index in [1.54, 1.807) is 24.3 Å². The van der Waals surface area contributed by atoms with E-state index in [0.29, 0.717) is 18.4 Å². The van der Waals surface area contributed by atoms with Gasteiger partial charge in [-0.25, -0.2) is 9.59 Å². The third-order valence-corrected chi connectivity index (χ3v) is 3.02. The van der Waals surface area contributed by atoms with Crippen LogP contribution in [0.4, 0.5) is 4.79 Å². The molecule has 0 saturated heterocycles. The Labute approximate surface area is 130 Å². The molecule has 0 saturated carbocycles. The maximum absolute atomic E-state index is 12.0. The van der Waals surface area contributed by atoms with E-state index in [1.165, 1.54) is 12.0 Å². The molecule has 0 unspecified atom stereocenters. The molecule has 0 spiro atoms. The van der Waals surface area contributed by atoms with Crippen LogP contribution in [0.5, 0.6) is 0 Å². The second-order valence-electron chi connectivity index (χ2n) is 5.69. The quantitative estimate of drug-likeness (QED) is 0.617. The normalized spacial score (nSPS) is 10.7. The van der Waals surface area contributed by atoms with E-state index in [4.69, 9.17) is 4.74 Å². The zero-order valence-corrected chi connectivity index (χ0v) is 13.3. The van der Waals surface area contributed by atoms with Gasteiger partial charge in [-0.15, -0.1) is 0 Å². The molecule has 0 N–H and O–H groups in total. The van der Waals surface area contributed by atoms with E-state index in [0.717, 1.165) is 5.56 Å². The van der Waals surface area contributed by atoms with Crippen molar-refractivity contribution in [1.29, 1.82) is 0 Å². The van der Waals surface area contributed by atoms with Gasteiger partial charge in [0.15, 0.2) is 6.29 Å². The highest BCUT2D eigenvalue weighted by Crippen LogP contribution is 2.19. The van der Waals surface area contributed by atoms with Gasteiger partial charge in [0, 0.05) is 12.1 Å². The van der Waals surface area contributed by atoms with Crippen LogP contribution in [0, 0.1) is 0 Å². The number of ether oxygens (including phenoxy) is 2. The molecule has 0 aliphatic heterocycles. The second kappa shape index (κ2) is 7.59. The number of benzene rings is 1. The number of hydrogen-bond acceptors (Lipinski definition) is 5. The van der Waals surface area contributed by atoms with Crippen molar-refractivity contribution in [2.24, 2.45) is 0 Å². The Bertz CT molecular complexity index is 530. The molecule has 0 aliphatic rings. The number of carbonyl (C=O) groups excluding carboxylic acids is 3. The highest BCUT2D eigenvalue weighted by molar-refractivity contribution is 5.89. The summed E-state index contributed by atoms with van der Waals surface area (Å²) >= 11 is 0. The molecular weight excluding hydrogens is 286 g/mol. The molecule has 6 nitrogen and oxygen atoms in total. The lowest BCUT2D eigenvalue weighted by Crippen LogP contribution is -2.45. The van der Waals surface area contributed by atoms with Crippen LogP contribution in [-0.2, 0) is 20.8 Å². The molecule has 1 rings (SSSR count). The number of hydrogen-bond donors (Lipinski definition) is 0. The van der Waals surface area contributed by atoms with Crippen molar-refractivity contribution in [3.05, 3.63) is 35.4 Å². The molecule has 1 aromatic carbocycles. The van der Waals surface area contributed by atoms with Gasteiger partial charge in [0.05, 0.1) is 12.7 Å². The van der Waals surface area contributed by atoms with Crippen LogP contribution in [0.25, 0.3) is 0 Å². The lowest BCUT2D eigenvalue weighted by Gasteiger charge is -2.34. The molecule has 0 heterocycles. The summed E-state index contributed by atoms with van der Waals surface area (Å²) in [6.45, 7) is 5.66. The Morgan fingerprint density at radius 1 is 1.18 bits per heavy atom. The molecule has 0 radical (unpaired) electrons. The third kappa shape index (κ3) is 4.87. The van der Waals surface area contributed by atoms with Crippen LogP contribution in [0.2, 0.25) is 0 Å². The fourth-order valence-electron chi connectivity index (χ4n) is 1.81. The first kappa shape index (κ1) is 17.7. The van der Waals surface area contributed by atoms with Crippen molar-refractivity contribution in [2.75, 3.05) is 13.7 Å². The predicted octanol–water partition coefficient (Wildman–Crippen LogP) is 2.41. The van der Waals surface area contributed by atoms with Gasteiger partial charge >= 0.3 is 12.1 Å². The Kier molecular flexibility index (Phi) is 6.10. The lowest BCUT2D eigenvalue weighted by atomic mass is 10.0. The molecule has 0 atom stereocenters. The summed E-state index contributed by atoms with van der Waals surface area (Å²) in [5.41, 5.74) is 0.809. The van der Waals surface area contributed by atoms with Gasteiger partial charge in [-0.1, -0.05) is 12.1 Å². The molecule has 0 bridgehead atoms. The average molecular weight is 307 g/mol. The van der Waals surface area contributed by atoms with Gasteiger partial charge < -0.3 is 9.47 Å². The Hall–Kier alpha value is -2.37. The average Bonchev–Trinajstić information content (AvgIpc) is 2.48. The first-order valence-corrected chi connectivity index (χ1v) is 6.85. The smallest absolute Gasteiger partial charge is 0.410 e. The van der Waals surface area contributed by atoms with E-state index in [-0.39, 0.29) is 6.61 Å². The van der Waals surface area contributed by atoms with Gasteiger partial charge in [0.25, 0.3) is 0 Å². The summed E-state index contributed by atoms with van der Waals surface area (Å²) in [5, 5.41) is 0. The van der Waals surface area contributed by atoms with Crippen molar-refractivity contribution in [2.45, 2.75) is 32.9 Å². The van der Waals surface area contributed by atoms with E-state index in [9.17, 15) is 14.4 Å². The van der Waals surface area contributed by atoms with Crippen molar-refractivity contribution < 1.29 is 23.9 Å². The summed E-state index contributed by atoms with van der Waals surface area (Å²) in [7, 11) is 1.32. The molecule has 0 aliphatic carbocycles. The molecular formula is C16H21NO5. The Balaban J connectivity index is 2.88. The number of aldehydes is 1. The van der Waals surface area contributed by atoms with Gasteiger partial charge in [-0.2, -0.15) is 0 Å². The second-order valence-corrected chi connectivity index (χ2v) is 5.69. The number of carbonyl (C=O) groups is 3. The van der Waals surface area contributed by atoms with Crippen molar-refractivity contribution in [3.8, 4) is 0 Å². The largest absolute Gasteiger partial charge is 0.465 e. The summed E-state index contributed by atoms with van der Waals surface area (Å²) in [4.78, 5) is 35.3. The monoisotopic (exact) mass is 307 g/mol. The van der Waals surface area contributed by atoms with E-state index >= 15 is 0 Å². The predicted molar refractivity (Wildman–Crippen MR) is 80.5 cm³/mol. The number of amides is 1. The van der Waals surface area contributed by atoms with Crippen LogP contribution < -0.4 is 0 Å². The summed E-state index contributed by atoms with van der Waals surface area (Å²) in [6, 6.07) is 6.77. The van der Waals surface area contributed by atoms with Crippen LogP contribution >= 0.6 is 0 Å². The van der Waals surface area contributed by atoms with Gasteiger partial charge in [-0.3, -0.25) is 9.69 Å². The van der Waals surface area contributed by atoms with E-state index < -0.39 is 17.6 Å². The first-order chi connectivity index (χ1) is 10.3. The zero-order valence-electron chi connectivity index (χ0n) is 13.3. The summed E-state index contributed by atoms with van der Waals surface area (Å²) in [6.07, 6.45) is -0.0270. The van der Waals surface area contributed by atoms with Gasteiger partial charge in [0.2, 0.25) is 0 Å². The van der Waals surface area contributed by atoms with Crippen LogP contribution in [-0.4, -0.2) is 42.5 Å². The molecule has 0 fully saturated rings. The van der Waals surface area contributed by atoms with Crippen LogP contribution in [0.3, 0.4) is 0 Å². The minimum Gasteiger partial charge on any atom is -0.465 e. The fraction of sp³-hybridized carbons (Fsp3) is 0.438. The molecule has 1 amide bonds. The van der Waals surface area contributed by atoms with Crippen molar-refractivity contribution >= 4 is 18.3 Å². The maximum atomic E-state index is 12.0. The van der Waals surface area contributed by atoms with Crippen molar-refractivity contribution in [3.63, 3.8) is 0 Å². The van der Waals surface area contributed by atoms with Gasteiger partial charge in [0.1, 0.15) is 6.61 Å². The van der Waals surface area contributed by atoms with E-state index in [1.807, 2.05) is 20.8 Å². The molecule has 0 aromatic heterocycles. The van der Waals surface area contributed by atoms with Crippen molar-refractivity contribution in [1.82, 2.24) is 4.90 Å². The Morgan fingerprint density at radius 3 is 2.23 bits per heavy atom. The number of methoxy groups -OCH3 is 1. The Morgan fingerprint density at radius 2 is 1.77 bits per heavy atom. The third-order valence-electron chi connectivity index (χ3n) is 3.02. The maximum Gasteiger partial charge on any atom is 0.410 e. The van der Waals surface area contributed by atoms with Gasteiger partial charge in [-0.05, 0) is 38.5 Å². The zero-order chi connectivity index (χ0) is 16.8. The summed E-state index contributed by atoms with van der Waals surface area (Å²) in [5.74, 6) is -0.412. The number of rotatable bonds is 5. The molecule has 1 aromatic rings. The number of nitrogens with zero attached hydrogens (tertiary/aromatic N) is 1. The molecule has 22 heavy (non-hydrogen) atoms. The van der Waals surface area contributed by atoms with E-state index in [2.05, 4.69) is 4.74 Å². The highest BCUT2D eigenvalue weighted by Gasteiger charge is 2.27. The molecule has 6 heteroatoms. The minimum absolute atomic E-state index is 0.271. The van der Waals surface area contributed by atoms with Crippen LogP contribution in [0.15, 0.2) is 24.3 Å². The highest BCUT2D eigenvalue weighted by atomic mass is 16.6. The fourth-order valence-corrected chi connectivity index (χ4v) is 1.81.